The fourth-order valence-electron chi connectivity index (χ4n) is 5.79. The number of pyridine rings is 4. The smallest absolute Gasteiger partial charge is 0.261 e. The molecule has 0 atom stereocenters. The first kappa shape index (κ1) is 30.7. The lowest BCUT2D eigenvalue weighted by molar-refractivity contribution is -0.702. The van der Waals surface area contributed by atoms with Crippen molar-refractivity contribution in [2.24, 2.45) is 0 Å². The summed E-state index contributed by atoms with van der Waals surface area (Å²) in [4.78, 5) is 12.9. The second-order valence-electron chi connectivity index (χ2n) is 11.9. The molecule has 0 spiro atoms. The van der Waals surface area contributed by atoms with Crippen LogP contribution in [-0.4, -0.2) is 5.78 Å². The Kier molecular flexibility index (Phi) is 10.4. The van der Waals surface area contributed by atoms with Crippen molar-refractivity contribution in [2.75, 3.05) is 0 Å². The van der Waals surface area contributed by atoms with Crippen molar-refractivity contribution in [3.05, 3.63) is 170 Å². The highest BCUT2D eigenvalue weighted by molar-refractivity contribution is 5.75. The van der Waals surface area contributed by atoms with Crippen molar-refractivity contribution in [3.8, 4) is 22.3 Å². The number of nitrogens with zero attached hydrogens (tertiary/aromatic N) is 4. The third-order valence-corrected chi connectivity index (χ3v) is 8.40. The quantitative estimate of drug-likeness (QED) is 0.146. The van der Waals surface area contributed by atoms with Crippen molar-refractivity contribution < 1.29 is 23.1 Å². The Balaban J connectivity index is 0.950. The van der Waals surface area contributed by atoms with Crippen LogP contribution in [0.1, 0.15) is 24.0 Å². The Labute approximate surface area is 272 Å². The van der Waals surface area contributed by atoms with E-state index in [4.69, 9.17) is 0 Å². The zero-order valence-corrected chi connectivity index (χ0v) is 26.4. The van der Waals surface area contributed by atoms with Crippen LogP contribution in [0.4, 0.5) is 0 Å². The zero-order chi connectivity index (χ0) is 31.4. The van der Waals surface area contributed by atoms with Gasteiger partial charge in [0.1, 0.15) is 13.1 Å². The molecule has 0 saturated heterocycles. The predicted octanol–water partition coefficient (Wildman–Crippen LogP) is 5.71. The number of Topliss-reactive ketones (excluding diaryl/α,β-unsaturated/α-hetero) is 1. The molecule has 4 heterocycles. The molecule has 0 bridgehead atoms. The molecule has 0 saturated carbocycles. The summed E-state index contributed by atoms with van der Waals surface area (Å²) in [5, 5.41) is 0. The van der Waals surface area contributed by atoms with E-state index in [9.17, 15) is 4.79 Å². The maximum atomic E-state index is 12.9. The number of carbonyl (C=O) groups excluding carboxylic acids is 1. The molecule has 0 unspecified atom stereocenters. The van der Waals surface area contributed by atoms with Crippen LogP contribution in [0, 0.1) is 0 Å². The van der Waals surface area contributed by atoms with Crippen molar-refractivity contribution in [1.82, 2.24) is 0 Å². The fraction of sp³-hybridized carbons (Fsp3) is 0.195. The van der Waals surface area contributed by atoms with E-state index in [-0.39, 0.29) is 5.78 Å². The average Bonchev–Trinajstić information content (AvgIpc) is 3.11. The second kappa shape index (κ2) is 15.6. The molecule has 0 aliphatic rings. The molecular formula is C41H42N4O+4. The van der Waals surface area contributed by atoms with Gasteiger partial charge in [-0.15, -0.1) is 0 Å². The number of benzene rings is 2. The predicted molar refractivity (Wildman–Crippen MR) is 179 cm³/mol. The molecule has 0 amide bonds. The van der Waals surface area contributed by atoms with E-state index >= 15 is 0 Å². The maximum Gasteiger partial charge on any atom is 0.261 e. The van der Waals surface area contributed by atoms with Gasteiger partial charge in [-0.05, 0) is 46.2 Å². The number of aryl methyl sites for hydroxylation is 4. The van der Waals surface area contributed by atoms with Gasteiger partial charge in [0.15, 0.2) is 49.6 Å². The monoisotopic (exact) mass is 606 g/mol. The lowest BCUT2D eigenvalue weighted by Gasteiger charge is -2.03. The zero-order valence-electron chi connectivity index (χ0n) is 26.4. The van der Waals surface area contributed by atoms with Crippen LogP contribution in [-0.2, 0) is 43.8 Å². The Bertz CT molecular complexity index is 1670. The van der Waals surface area contributed by atoms with E-state index in [1.54, 1.807) is 0 Å². The fourth-order valence-corrected chi connectivity index (χ4v) is 5.79. The third kappa shape index (κ3) is 8.89. The molecule has 0 aliphatic carbocycles. The minimum atomic E-state index is 0.156. The number of aromatic nitrogens is 4. The van der Waals surface area contributed by atoms with Gasteiger partial charge in [0.2, 0.25) is 13.1 Å². The summed E-state index contributed by atoms with van der Waals surface area (Å²) in [7, 11) is 0. The third-order valence-electron chi connectivity index (χ3n) is 8.40. The summed E-state index contributed by atoms with van der Waals surface area (Å²) < 4.78 is 8.38. The number of rotatable bonds is 14. The van der Waals surface area contributed by atoms with Crippen LogP contribution in [0.25, 0.3) is 22.3 Å². The van der Waals surface area contributed by atoms with Crippen LogP contribution in [0.3, 0.4) is 0 Å². The SMILES string of the molecule is O=C(C[n+]1ccc(-c2cc[n+](CCCc3ccccc3)cc2)cc1)C[n+]1ccc(-c2cc[n+](CCCc3ccccc3)cc2)cc1. The largest absolute Gasteiger partial charge is 0.285 e. The molecule has 0 radical (unpaired) electrons. The van der Waals surface area contributed by atoms with Gasteiger partial charge in [0.25, 0.3) is 5.78 Å². The molecule has 4 aromatic heterocycles. The Morgan fingerprint density at radius 2 is 0.696 bits per heavy atom. The number of hydrogen-bond acceptors (Lipinski definition) is 1. The molecule has 6 rings (SSSR count). The molecule has 46 heavy (non-hydrogen) atoms. The van der Waals surface area contributed by atoms with Gasteiger partial charge in [-0.25, -0.2) is 9.13 Å². The molecule has 228 valence electrons. The molecule has 2 aromatic carbocycles. The van der Waals surface area contributed by atoms with Gasteiger partial charge in [-0.3, -0.25) is 4.79 Å². The lowest BCUT2D eigenvalue weighted by atomic mass is 10.1. The van der Waals surface area contributed by atoms with Gasteiger partial charge >= 0.3 is 0 Å². The van der Waals surface area contributed by atoms with Crippen LogP contribution < -0.4 is 18.3 Å². The minimum absolute atomic E-state index is 0.156. The minimum Gasteiger partial charge on any atom is -0.285 e. The highest BCUT2D eigenvalue weighted by Gasteiger charge is 2.16. The van der Waals surface area contributed by atoms with Crippen LogP contribution in [0.5, 0.6) is 0 Å². The molecule has 6 aromatic rings. The molecule has 0 aliphatic heterocycles. The number of ketones is 1. The summed E-state index contributed by atoms with van der Waals surface area (Å²) >= 11 is 0. The van der Waals surface area contributed by atoms with E-state index in [0.29, 0.717) is 13.1 Å². The summed E-state index contributed by atoms with van der Waals surface area (Å²) in [6.45, 7) is 2.67. The summed E-state index contributed by atoms with van der Waals surface area (Å²) in [6.07, 6.45) is 20.9. The van der Waals surface area contributed by atoms with Crippen molar-refractivity contribution >= 4 is 5.78 Å². The van der Waals surface area contributed by atoms with Gasteiger partial charge in [0.05, 0.1) is 0 Å². The topological polar surface area (TPSA) is 32.6 Å². The number of carbonyl (C=O) groups is 1. The molecule has 0 N–H and O–H groups in total. The van der Waals surface area contributed by atoms with E-state index in [2.05, 4.69) is 143 Å². The number of hydrogen-bond donors (Lipinski definition) is 0. The van der Waals surface area contributed by atoms with Gasteiger partial charge < -0.3 is 0 Å². The summed E-state index contributed by atoms with van der Waals surface area (Å²) in [6, 6.07) is 38.2. The van der Waals surface area contributed by atoms with Crippen LogP contribution in [0.2, 0.25) is 0 Å². The Morgan fingerprint density at radius 3 is 1.02 bits per heavy atom. The Hall–Kier alpha value is -5.29. The van der Waals surface area contributed by atoms with Crippen LogP contribution >= 0.6 is 0 Å². The van der Waals surface area contributed by atoms with Gasteiger partial charge in [0, 0.05) is 61.4 Å². The van der Waals surface area contributed by atoms with Crippen molar-refractivity contribution in [1.29, 1.82) is 0 Å². The van der Waals surface area contributed by atoms with Gasteiger partial charge in [-0.2, -0.15) is 9.13 Å². The summed E-state index contributed by atoms with van der Waals surface area (Å²) in [5.74, 6) is 0.156. The normalized spacial score (nSPS) is 11.0. The molecule has 0 fully saturated rings. The van der Waals surface area contributed by atoms with E-state index < -0.39 is 0 Å². The van der Waals surface area contributed by atoms with E-state index in [0.717, 1.165) is 49.9 Å². The first-order valence-corrected chi connectivity index (χ1v) is 16.2. The average molecular weight is 607 g/mol. The highest BCUT2D eigenvalue weighted by Crippen LogP contribution is 2.17. The first-order chi connectivity index (χ1) is 22.7. The second-order valence-corrected chi connectivity index (χ2v) is 11.9. The standard InChI is InChI=1S/C41H42N4O/c46-41(33-44-29-19-39(20-30-44)37-15-25-42(26-16-37)23-7-13-35-9-3-1-4-10-35)34-45-31-21-40(22-32-45)38-17-27-43(28-18-38)24-8-14-36-11-5-2-6-12-36/h1-6,9-12,15-22,25-32H,7-8,13-14,23-24,33-34H2/q+4. The van der Waals surface area contributed by atoms with E-state index in [1.165, 1.54) is 22.3 Å². The molecule has 5 nitrogen and oxygen atoms in total. The lowest BCUT2D eigenvalue weighted by Crippen LogP contribution is -2.44. The van der Waals surface area contributed by atoms with Crippen molar-refractivity contribution in [3.63, 3.8) is 0 Å². The Morgan fingerprint density at radius 1 is 0.391 bits per heavy atom. The molecular weight excluding hydrogens is 564 g/mol. The highest BCUT2D eigenvalue weighted by atomic mass is 16.1. The van der Waals surface area contributed by atoms with E-state index in [1.807, 2.05) is 33.9 Å². The van der Waals surface area contributed by atoms with Crippen molar-refractivity contribution in [2.45, 2.75) is 51.9 Å². The summed E-state index contributed by atoms with van der Waals surface area (Å²) in [5.41, 5.74) is 7.39. The van der Waals surface area contributed by atoms with Gasteiger partial charge in [-0.1, -0.05) is 60.7 Å². The first-order valence-electron chi connectivity index (χ1n) is 16.2. The maximum absolute atomic E-state index is 12.9. The molecule has 5 heteroatoms. The van der Waals surface area contributed by atoms with Crippen LogP contribution in [0.15, 0.2) is 159 Å².